The third kappa shape index (κ3) is 2.89. The van der Waals surface area contributed by atoms with Gasteiger partial charge in [-0.25, -0.2) is 4.39 Å². The quantitative estimate of drug-likeness (QED) is 0.799. The summed E-state index contributed by atoms with van der Waals surface area (Å²) in [5, 5.41) is 4.65. The molecule has 1 heterocycles. The molecular formula is C17H13FN2O. The number of amides is 1. The van der Waals surface area contributed by atoms with E-state index in [-0.39, 0.29) is 18.3 Å². The van der Waals surface area contributed by atoms with Gasteiger partial charge in [-0.15, -0.1) is 0 Å². The van der Waals surface area contributed by atoms with Crippen molar-refractivity contribution < 1.29 is 9.18 Å². The monoisotopic (exact) mass is 280 g/mol. The van der Waals surface area contributed by atoms with E-state index in [1.54, 1.807) is 42.7 Å². The summed E-state index contributed by atoms with van der Waals surface area (Å²) in [5.74, 6) is -0.542. The molecule has 3 rings (SSSR count). The van der Waals surface area contributed by atoms with Crippen molar-refractivity contribution in [1.29, 1.82) is 0 Å². The summed E-state index contributed by atoms with van der Waals surface area (Å²) in [7, 11) is 0. The summed E-state index contributed by atoms with van der Waals surface area (Å²) >= 11 is 0. The van der Waals surface area contributed by atoms with Gasteiger partial charge in [-0.1, -0.05) is 24.3 Å². The standard InChI is InChI=1S/C17H13FN2O/c18-16-4-2-1-3-15(16)11-20-17(21)13-5-6-14-10-19-8-7-12(14)9-13/h1-10H,11H2,(H,20,21). The van der Waals surface area contributed by atoms with Crippen LogP contribution in [0.5, 0.6) is 0 Å². The van der Waals surface area contributed by atoms with Gasteiger partial charge in [0.1, 0.15) is 5.82 Å². The number of pyridine rings is 1. The minimum Gasteiger partial charge on any atom is -0.348 e. The van der Waals surface area contributed by atoms with Gasteiger partial charge in [0, 0.05) is 35.5 Å². The zero-order chi connectivity index (χ0) is 14.7. The van der Waals surface area contributed by atoms with Gasteiger partial charge < -0.3 is 5.32 Å². The molecule has 0 saturated heterocycles. The topological polar surface area (TPSA) is 42.0 Å². The number of hydrogen-bond donors (Lipinski definition) is 1. The number of aromatic nitrogens is 1. The lowest BCUT2D eigenvalue weighted by Crippen LogP contribution is -2.23. The van der Waals surface area contributed by atoms with Crippen molar-refractivity contribution in [3.63, 3.8) is 0 Å². The first-order chi connectivity index (χ1) is 10.2. The van der Waals surface area contributed by atoms with Gasteiger partial charge in [0.15, 0.2) is 0 Å². The van der Waals surface area contributed by atoms with E-state index < -0.39 is 0 Å². The number of halogens is 1. The fourth-order valence-electron chi connectivity index (χ4n) is 2.14. The number of nitrogens with zero attached hydrogens (tertiary/aromatic N) is 1. The Kier molecular flexibility index (Phi) is 3.60. The number of hydrogen-bond acceptors (Lipinski definition) is 2. The molecule has 0 radical (unpaired) electrons. The Morgan fingerprint density at radius 1 is 1.10 bits per heavy atom. The van der Waals surface area contributed by atoms with Gasteiger partial charge in [-0.05, 0) is 29.7 Å². The van der Waals surface area contributed by atoms with Crippen LogP contribution in [-0.4, -0.2) is 10.9 Å². The van der Waals surface area contributed by atoms with Crippen LogP contribution in [0.25, 0.3) is 10.8 Å². The molecule has 4 heteroatoms. The summed E-state index contributed by atoms with van der Waals surface area (Å²) in [4.78, 5) is 16.2. The number of nitrogens with one attached hydrogen (secondary N) is 1. The predicted molar refractivity (Wildman–Crippen MR) is 79.3 cm³/mol. The van der Waals surface area contributed by atoms with E-state index in [1.165, 1.54) is 6.07 Å². The zero-order valence-corrected chi connectivity index (χ0v) is 11.2. The van der Waals surface area contributed by atoms with E-state index in [0.717, 1.165) is 10.8 Å². The summed E-state index contributed by atoms with van der Waals surface area (Å²) < 4.78 is 13.5. The van der Waals surface area contributed by atoms with Crippen molar-refractivity contribution in [2.24, 2.45) is 0 Å². The average molecular weight is 280 g/mol. The Balaban J connectivity index is 1.76. The van der Waals surface area contributed by atoms with Crippen LogP contribution in [-0.2, 0) is 6.54 Å². The normalized spacial score (nSPS) is 10.5. The van der Waals surface area contributed by atoms with Gasteiger partial charge in [0.2, 0.25) is 0 Å². The molecule has 1 amide bonds. The molecule has 2 aromatic carbocycles. The zero-order valence-electron chi connectivity index (χ0n) is 11.2. The lowest BCUT2D eigenvalue weighted by Gasteiger charge is -2.07. The second-order valence-electron chi connectivity index (χ2n) is 4.71. The number of rotatable bonds is 3. The molecule has 21 heavy (non-hydrogen) atoms. The summed E-state index contributed by atoms with van der Waals surface area (Å²) in [6.07, 6.45) is 3.43. The lowest BCUT2D eigenvalue weighted by molar-refractivity contribution is 0.0950. The minimum atomic E-state index is -0.317. The molecule has 3 nitrogen and oxygen atoms in total. The van der Waals surface area contributed by atoms with Crippen molar-refractivity contribution in [3.8, 4) is 0 Å². The van der Waals surface area contributed by atoms with E-state index in [1.807, 2.05) is 12.1 Å². The third-order valence-electron chi connectivity index (χ3n) is 3.30. The Hall–Kier alpha value is -2.75. The maximum atomic E-state index is 13.5. The molecule has 0 atom stereocenters. The molecule has 1 aromatic heterocycles. The lowest BCUT2D eigenvalue weighted by atomic mass is 10.1. The molecule has 0 aliphatic carbocycles. The molecule has 0 saturated carbocycles. The first kappa shape index (κ1) is 13.2. The minimum absolute atomic E-state index is 0.167. The Bertz CT molecular complexity index is 801. The maximum Gasteiger partial charge on any atom is 0.251 e. The van der Waals surface area contributed by atoms with Gasteiger partial charge in [-0.3, -0.25) is 9.78 Å². The highest BCUT2D eigenvalue weighted by Gasteiger charge is 2.07. The van der Waals surface area contributed by atoms with Crippen LogP contribution in [0.4, 0.5) is 4.39 Å². The second kappa shape index (κ2) is 5.71. The van der Waals surface area contributed by atoms with Crippen LogP contribution in [0, 0.1) is 5.82 Å². The SMILES string of the molecule is O=C(NCc1ccccc1F)c1ccc2cnccc2c1. The number of carbonyl (C=O) groups excluding carboxylic acids is 1. The van der Waals surface area contributed by atoms with Gasteiger partial charge >= 0.3 is 0 Å². The highest BCUT2D eigenvalue weighted by molar-refractivity contribution is 5.98. The van der Waals surface area contributed by atoms with E-state index in [4.69, 9.17) is 0 Å². The third-order valence-corrected chi connectivity index (χ3v) is 3.30. The molecule has 1 N–H and O–H groups in total. The second-order valence-corrected chi connectivity index (χ2v) is 4.71. The highest BCUT2D eigenvalue weighted by atomic mass is 19.1. The van der Waals surface area contributed by atoms with Crippen molar-refractivity contribution >= 4 is 16.7 Å². The van der Waals surface area contributed by atoms with Gasteiger partial charge in [-0.2, -0.15) is 0 Å². The van der Waals surface area contributed by atoms with Gasteiger partial charge in [0.25, 0.3) is 5.91 Å². The first-order valence-electron chi connectivity index (χ1n) is 6.59. The molecule has 104 valence electrons. The van der Waals surface area contributed by atoms with E-state index in [9.17, 15) is 9.18 Å². The Morgan fingerprint density at radius 3 is 2.81 bits per heavy atom. The summed E-state index contributed by atoms with van der Waals surface area (Å²) in [5.41, 5.74) is 1.01. The maximum absolute atomic E-state index is 13.5. The van der Waals surface area contributed by atoms with Crippen molar-refractivity contribution in [2.45, 2.75) is 6.54 Å². The van der Waals surface area contributed by atoms with Gasteiger partial charge in [0.05, 0.1) is 0 Å². The van der Waals surface area contributed by atoms with Crippen LogP contribution < -0.4 is 5.32 Å². The number of fused-ring (bicyclic) bond motifs is 1. The van der Waals surface area contributed by atoms with Crippen molar-refractivity contribution in [3.05, 3.63) is 77.9 Å². The van der Waals surface area contributed by atoms with E-state index in [2.05, 4.69) is 10.3 Å². The molecule has 0 aliphatic rings. The largest absolute Gasteiger partial charge is 0.348 e. The molecule has 0 bridgehead atoms. The van der Waals surface area contributed by atoms with E-state index in [0.29, 0.717) is 11.1 Å². The smallest absolute Gasteiger partial charge is 0.251 e. The molecular weight excluding hydrogens is 267 g/mol. The molecule has 0 aliphatic heterocycles. The van der Waals surface area contributed by atoms with Crippen molar-refractivity contribution in [2.75, 3.05) is 0 Å². The van der Waals surface area contributed by atoms with Crippen LogP contribution in [0.15, 0.2) is 60.9 Å². The predicted octanol–water partition coefficient (Wildman–Crippen LogP) is 3.30. The fourth-order valence-corrected chi connectivity index (χ4v) is 2.14. The summed E-state index contributed by atoms with van der Waals surface area (Å²) in [6.45, 7) is 0.167. The van der Waals surface area contributed by atoms with Crippen molar-refractivity contribution in [1.82, 2.24) is 10.3 Å². The average Bonchev–Trinajstić information content (AvgIpc) is 2.53. The van der Waals surface area contributed by atoms with Crippen LogP contribution >= 0.6 is 0 Å². The van der Waals surface area contributed by atoms with Crippen LogP contribution in [0.3, 0.4) is 0 Å². The summed E-state index contributed by atoms with van der Waals surface area (Å²) in [6, 6.07) is 13.6. The Morgan fingerprint density at radius 2 is 1.95 bits per heavy atom. The van der Waals surface area contributed by atoms with Crippen LogP contribution in [0.2, 0.25) is 0 Å². The number of benzene rings is 2. The highest BCUT2D eigenvalue weighted by Crippen LogP contribution is 2.14. The number of carbonyl (C=O) groups is 1. The molecule has 0 fully saturated rings. The fraction of sp³-hybridized carbons (Fsp3) is 0.0588. The molecule has 3 aromatic rings. The van der Waals surface area contributed by atoms with Crippen LogP contribution in [0.1, 0.15) is 15.9 Å². The molecule has 0 spiro atoms. The van der Waals surface area contributed by atoms with E-state index >= 15 is 0 Å². The first-order valence-corrected chi connectivity index (χ1v) is 6.59. The molecule has 0 unspecified atom stereocenters. The Labute approximate surface area is 121 Å².